The van der Waals surface area contributed by atoms with Crippen molar-refractivity contribution < 1.29 is 14.3 Å². The number of carbonyl (C=O) groups is 2. The highest BCUT2D eigenvalue weighted by molar-refractivity contribution is 5.85. The van der Waals surface area contributed by atoms with E-state index < -0.39 is 12.1 Å². The molecular weight excluding hydrogens is 304 g/mol. The van der Waals surface area contributed by atoms with Crippen molar-refractivity contribution in [3.63, 3.8) is 0 Å². The van der Waals surface area contributed by atoms with E-state index in [9.17, 15) is 9.59 Å². The van der Waals surface area contributed by atoms with Crippen LogP contribution in [-0.2, 0) is 16.1 Å². The van der Waals surface area contributed by atoms with Gasteiger partial charge >= 0.3 is 6.09 Å². The Morgan fingerprint density at radius 2 is 1.79 bits per heavy atom. The summed E-state index contributed by atoms with van der Waals surface area (Å²) in [5.74, 6) is 0.332. The van der Waals surface area contributed by atoms with E-state index in [4.69, 9.17) is 4.74 Å². The Morgan fingerprint density at radius 1 is 1.12 bits per heavy atom. The number of hydrogen-bond donors (Lipinski definition) is 1. The maximum atomic E-state index is 12.7. The Balaban J connectivity index is 1.89. The summed E-state index contributed by atoms with van der Waals surface area (Å²) in [7, 11) is 0. The molecule has 1 aromatic rings. The molecule has 2 amide bonds. The molecule has 1 aliphatic rings. The topological polar surface area (TPSA) is 58.6 Å². The van der Waals surface area contributed by atoms with Crippen molar-refractivity contribution in [3.8, 4) is 0 Å². The van der Waals surface area contributed by atoms with Gasteiger partial charge in [-0.15, -0.1) is 0 Å². The normalized spacial score (nSPS) is 15.9. The lowest BCUT2D eigenvalue weighted by molar-refractivity contribution is -0.134. The highest BCUT2D eigenvalue weighted by atomic mass is 16.5. The predicted octanol–water partition coefficient (Wildman–Crippen LogP) is 3.34. The maximum Gasteiger partial charge on any atom is 0.408 e. The number of hydrogen-bond acceptors (Lipinski definition) is 3. The van der Waals surface area contributed by atoms with Crippen LogP contribution in [-0.4, -0.2) is 36.0 Å². The summed E-state index contributed by atoms with van der Waals surface area (Å²) < 4.78 is 5.26. The van der Waals surface area contributed by atoms with Crippen LogP contribution in [0.5, 0.6) is 0 Å². The fourth-order valence-electron chi connectivity index (χ4n) is 2.93. The van der Waals surface area contributed by atoms with E-state index in [1.807, 2.05) is 49.1 Å². The molecule has 0 bridgehead atoms. The molecule has 1 heterocycles. The minimum absolute atomic E-state index is 0.0139. The number of nitrogens with zero attached hydrogens (tertiary/aromatic N) is 1. The molecule has 5 heteroatoms. The smallest absolute Gasteiger partial charge is 0.408 e. The SMILES string of the molecule is CC(C)C[C@@H](NC(=O)OCc1ccccc1)C(=O)N1CCCCC1. The van der Waals surface area contributed by atoms with Crippen LogP contribution >= 0.6 is 0 Å². The molecule has 0 unspecified atom stereocenters. The van der Waals surface area contributed by atoms with Crippen molar-refractivity contribution in [2.45, 2.75) is 52.2 Å². The number of likely N-dealkylation sites (tertiary alicyclic amines) is 1. The van der Waals surface area contributed by atoms with Crippen molar-refractivity contribution in [1.29, 1.82) is 0 Å². The molecule has 1 fully saturated rings. The molecule has 0 aromatic heterocycles. The summed E-state index contributed by atoms with van der Waals surface area (Å²) in [6.07, 6.45) is 3.34. The van der Waals surface area contributed by atoms with Gasteiger partial charge in [0.05, 0.1) is 0 Å². The number of amides is 2. The number of nitrogens with one attached hydrogen (secondary N) is 1. The maximum absolute atomic E-state index is 12.7. The highest BCUT2D eigenvalue weighted by Gasteiger charge is 2.28. The van der Waals surface area contributed by atoms with E-state index in [-0.39, 0.29) is 12.5 Å². The second-order valence-corrected chi connectivity index (χ2v) is 6.77. The van der Waals surface area contributed by atoms with Gasteiger partial charge < -0.3 is 15.0 Å². The first-order valence-electron chi connectivity index (χ1n) is 8.82. The molecule has 1 aliphatic heterocycles. The van der Waals surface area contributed by atoms with Crippen LogP contribution < -0.4 is 5.32 Å². The fraction of sp³-hybridized carbons (Fsp3) is 0.579. The molecule has 132 valence electrons. The quantitative estimate of drug-likeness (QED) is 0.869. The van der Waals surface area contributed by atoms with Gasteiger partial charge in [0.1, 0.15) is 12.6 Å². The number of carbonyl (C=O) groups excluding carboxylic acids is 2. The first-order chi connectivity index (χ1) is 11.6. The van der Waals surface area contributed by atoms with Crippen molar-refractivity contribution >= 4 is 12.0 Å². The van der Waals surface area contributed by atoms with E-state index in [2.05, 4.69) is 5.32 Å². The van der Waals surface area contributed by atoms with Crippen molar-refractivity contribution in [3.05, 3.63) is 35.9 Å². The number of piperidine rings is 1. The molecular formula is C19H28N2O3. The first kappa shape index (κ1) is 18.3. The van der Waals surface area contributed by atoms with Gasteiger partial charge in [-0.2, -0.15) is 0 Å². The molecule has 2 rings (SSSR count). The van der Waals surface area contributed by atoms with Crippen LogP contribution in [0.1, 0.15) is 45.1 Å². The predicted molar refractivity (Wildman–Crippen MR) is 93.4 cm³/mol. The van der Waals surface area contributed by atoms with Gasteiger partial charge in [-0.1, -0.05) is 44.2 Å². The lowest BCUT2D eigenvalue weighted by Gasteiger charge is -2.31. The van der Waals surface area contributed by atoms with Gasteiger partial charge in [-0.25, -0.2) is 4.79 Å². The summed E-state index contributed by atoms with van der Waals surface area (Å²) in [6.45, 7) is 5.88. The van der Waals surface area contributed by atoms with Crippen molar-refractivity contribution in [2.75, 3.05) is 13.1 Å². The van der Waals surface area contributed by atoms with Gasteiger partial charge in [-0.3, -0.25) is 4.79 Å². The van der Waals surface area contributed by atoms with Gasteiger partial charge in [0, 0.05) is 13.1 Å². The molecule has 0 aliphatic carbocycles. The monoisotopic (exact) mass is 332 g/mol. The summed E-state index contributed by atoms with van der Waals surface area (Å²) in [5.41, 5.74) is 0.926. The van der Waals surface area contributed by atoms with Crippen LogP contribution in [0.4, 0.5) is 4.79 Å². The van der Waals surface area contributed by atoms with Gasteiger partial charge in [0.25, 0.3) is 0 Å². The van der Waals surface area contributed by atoms with Crippen LogP contribution in [0.15, 0.2) is 30.3 Å². The molecule has 24 heavy (non-hydrogen) atoms. The third-order valence-corrected chi connectivity index (χ3v) is 4.18. The zero-order chi connectivity index (χ0) is 17.4. The number of alkyl carbamates (subject to hydrolysis) is 1. The van der Waals surface area contributed by atoms with Crippen molar-refractivity contribution in [2.24, 2.45) is 5.92 Å². The minimum Gasteiger partial charge on any atom is -0.445 e. The Hall–Kier alpha value is -2.04. The summed E-state index contributed by atoms with van der Waals surface area (Å²) in [6, 6.07) is 9.01. The lowest BCUT2D eigenvalue weighted by Crippen LogP contribution is -2.50. The average molecular weight is 332 g/mol. The second kappa shape index (κ2) is 9.30. The Bertz CT molecular complexity index is 525. The fourth-order valence-corrected chi connectivity index (χ4v) is 2.93. The molecule has 0 spiro atoms. The molecule has 1 aromatic carbocycles. The summed E-state index contributed by atoms with van der Waals surface area (Å²) >= 11 is 0. The van der Waals surface area contributed by atoms with Crippen LogP contribution in [0.3, 0.4) is 0 Å². The average Bonchev–Trinajstić information content (AvgIpc) is 2.60. The van der Waals surface area contributed by atoms with E-state index in [1.54, 1.807) is 0 Å². The number of rotatable bonds is 6. The van der Waals surface area contributed by atoms with Crippen LogP contribution in [0, 0.1) is 5.92 Å². The lowest BCUT2D eigenvalue weighted by atomic mass is 10.0. The third kappa shape index (κ3) is 5.87. The van der Waals surface area contributed by atoms with Gasteiger partial charge in [-0.05, 0) is 37.2 Å². The van der Waals surface area contributed by atoms with Crippen LogP contribution in [0.2, 0.25) is 0 Å². The highest BCUT2D eigenvalue weighted by Crippen LogP contribution is 2.14. The number of ether oxygens (including phenoxy) is 1. The van der Waals surface area contributed by atoms with E-state index in [0.717, 1.165) is 31.5 Å². The second-order valence-electron chi connectivity index (χ2n) is 6.77. The Morgan fingerprint density at radius 3 is 2.42 bits per heavy atom. The first-order valence-corrected chi connectivity index (χ1v) is 8.82. The molecule has 1 atom stereocenters. The molecule has 0 saturated carbocycles. The minimum atomic E-state index is -0.533. The molecule has 1 N–H and O–H groups in total. The van der Waals surface area contributed by atoms with Crippen molar-refractivity contribution in [1.82, 2.24) is 10.2 Å². The zero-order valence-electron chi connectivity index (χ0n) is 14.7. The van der Waals surface area contributed by atoms with E-state index >= 15 is 0 Å². The zero-order valence-corrected chi connectivity index (χ0v) is 14.7. The van der Waals surface area contributed by atoms with E-state index in [1.165, 1.54) is 6.42 Å². The summed E-state index contributed by atoms with van der Waals surface area (Å²) in [4.78, 5) is 26.7. The van der Waals surface area contributed by atoms with Gasteiger partial charge in [0.2, 0.25) is 5.91 Å². The standard InChI is InChI=1S/C19H28N2O3/c1-15(2)13-17(18(22)21-11-7-4-8-12-21)20-19(23)24-14-16-9-5-3-6-10-16/h3,5-6,9-10,15,17H,4,7-8,11-14H2,1-2H3,(H,20,23)/t17-/m1/s1. The molecule has 0 radical (unpaired) electrons. The molecule has 1 saturated heterocycles. The number of benzene rings is 1. The Kier molecular flexibility index (Phi) is 7.09. The Labute approximate surface area is 144 Å². The summed E-state index contributed by atoms with van der Waals surface area (Å²) in [5, 5.41) is 2.76. The van der Waals surface area contributed by atoms with Crippen LogP contribution in [0.25, 0.3) is 0 Å². The van der Waals surface area contributed by atoms with Gasteiger partial charge in [0.15, 0.2) is 0 Å². The van der Waals surface area contributed by atoms with E-state index in [0.29, 0.717) is 12.3 Å². The third-order valence-electron chi connectivity index (χ3n) is 4.18. The molecule has 5 nitrogen and oxygen atoms in total. The largest absolute Gasteiger partial charge is 0.445 e.